The van der Waals surface area contributed by atoms with Crippen LogP contribution in [0.3, 0.4) is 0 Å². The van der Waals surface area contributed by atoms with Crippen LogP contribution in [0.1, 0.15) is 38.2 Å². The van der Waals surface area contributed by atoms with Gasteiger partial charge >= 0.3 is 0 Å². The van der Waals surface area contributed by atoms with E-state index in [0.717, 1.165) is 31.2 Å². The second kappa shape index (κ2) is 8.12. The van der Waals surface area contributed by atoms with Gasteiger partial charge in [0.15, 0.2) is 0 Å². The molecule has 0 unspecified atom stereocenters. The summed E-state index contributed by atoms with van der Waals surface area (Å²) in [6, 6.07) is 6.70. The smallest absolute Gasteiger partial charge is 0.266 e. The molecule has 1 rings (SSSR count). The highest BCUT2D eigenvalue weighted by Crippen LogP contribution is 2.14. The van der Waals surface area contributed by atoms with Crippen molar-refractivity contribution in [1.29, 1.82) is 0 Å². The Labute approximate surface area is 116 Å². The van der Waals surface area contributed by atoms with Crippen molar-refractivity contribution in [2.24, 2.45) is 0 Å². The van der Waals surface area contributed by atoms with Crippen LogP contribution in [-0.2, 0) is 14.3 Å². The molecule has 0 radical (unpaired) electrons. The lowest BCUT2D eigenvalue weighted by Crippen LogP contribution is -2.07. The van der Waals surface area contributed by atoms with Gasteiger partial charge < -0.3 is 0 Å². The highest BCUT2D eigenvalue weighted by molar-refractivity contribution is 7.86. The van der Waals surface area contributed by atoms with E-state index >= 15 is 0 Å². The third-order valence-corrected chi connectivity index (χ3v) is 4.13. The van der Waals surface area contributed by atoms with Gasteiger partial charge in [0.25, 0.3) is 10.1 Å². The van der Waals surface area contributed by atoms with Gasteiger partial charge in [-0.2, -0.15) is 8.42 Å². The molecule has 0 atom stereocenters. The Hall–Kier alpha value is -1.13. The molecule has 0 saturated carbocycles. The maximum absolute atomic E-state index is 11.8. The van der Waals surface area contributed by atoms with Crippen LogP contribution in [0.25, 0.3) is 0 Å². The van der Waals surface area contributed by atoms with Gasteiger partial charge in [0.1, 0.15) is 0 Å². The van der Waals surface area contributed by atoms with Crippen molar-refractivity contribution < 1.29 is 12.6 Å². The van der Waals surface area contributed by atoms with Crippen LogP contribution in [0.2, 0.25) is 0 Å². The minimum Gasteiger partial charge on any atom is -0.266 e. The molecule has 0 N–H and O–H groups in total. The number of rotatable bonds is 8. The standard InChI is InChI=1S/C15H22O3S/c1-3-4-5-6-7-8-13-18-19(16,17)15-11-9-14(2)10-12-15/h3-4,9-12H,5-8,13H2,1-2H3. The number of allylic oxidation sites excluding steroid dienone is 2. The quantitative estimate of drug-likeness (QED) is 0.413. The first-order chi connectivity index (χ1) is 9.06. The van der Waals surface area contributed by atoms with Crippen molar-refractivity contribution in [2.45, 2.75) is 44.4 Å². The lowest BCUT2D eigenvalue weighted by atomic mass is 10.2. The minimum atomic E-state index is -3.59. The van der Waals surface area contributed by atoms with E-state index in [1.165, 1.54) is 0 Å². The topological polar surface area (TPSA) is 43.4 Å². The molecule has 1 aromatic carbocycles. The summed E-state index contributed by atoms with van der Waals surface area (Å²) in [6.45, 7) is 4.17. The third kappa shape index (κ3) is 6.03. The van der Waals surface area contributed by atoms with E-state index in [0.29, 0.717) is 0 Å². The summed E-state index contributed by atoms with van der Waals surface area (Å²) in [6.07, 6.45) is 8.00. The minimum absolute atomic E-state index is 0.229. The van der Waals surface area contributed by atoms with Crippen LogP contribution >= 0.6 is 0 Å². The molecule has 1 aromatic rings. The summed E-state index contributed by atoms with van der Waals surface area (Å²) in [5.74, 6) is 0. The zero-order valence-electron chi connectivity index (χ0n) is 11.6. The van der Waals surface area contributed by atoms with Crippen LogP contribution in [0.4, 0.5) is 0 Å². The Morgan fingerprint density at radius 2 is 1.79 bits per heavy atom. The van der Waals surface area contributed by atoms with E-state index in [9.17, 15) is 8.42 Å². The Morgan fingerprint density at radius 1 is 1.11 bits per heavy atom. The molecule has 0 heterocycles. The molecule has 3 nitrogen and oxygen atoms in total. The van der Waals surface area contributed by atoms with Crippen molar-refractivity contribution in [3.63, 3.8) is 0 Å². The second-order valence-corrected chi connectivity index (χ2v) is 6.12. The zero-order chi connectivity index (χ0) is 14.1. The summed E-state index contributed by atoms with van der Waals surface area (Å²) in [5, 5.41) is 0. The van der Waals surface area contributed by atoms with Gasteiger partial charge in [-0.3, -0.25) is 4.18 Å². The number of unbranched alkanes of at least 4 members (excludes halogenated alkanes) is 3. The lowest BCUT2D eigenvalue weighted by Gasteiger charge is -2.05. The molecule has 0 bridgehead atoms. The molecule has 19 heavy (non-hydrogen) atoms. The average molecular weight is 282 g/mol. The third-order valence-electron chi connectivity index (χ3n) is 2.80. The van der Waals surface area contributed by atoms with E-state index in [-0.39, 0.29) is 11.5 Å². The normalized spacial score (nSPS) is 12.1. The van der Waals surface area contributed by atoms with Crippen LogP contribution in [0, 0.1) is 6.92 Å². The number of aryl methyl sites for hydroxylation is 1. The summed E-state index contributed by atoms with van der Waals surface area (Å²) < 4.78 is 28.7. The SMILES string of the molecule is CC=CCCCCCOS(=O)(=O)c1ccc(C)cc1. The number of benzene rings is 1. The van der Waals surface area contributed by atoms with Crippen molar-refractivity contribution in [3.8, 4) is 0 Å². The lowest BCUT2D eigenvalue weighted by molar-refractivity contribution is 0.307. The van der Waals surface area contributed by atoms with Gasteiger partial charge in [-0.25, -0.2) is 0 Å². The number of hydrogen-bond acceptors (Lipinski definition) is 3. The molecule has 0 saturated heterocycles. The van der Waals surface area contributed by atoms with Gasteiger partial charge in [0, 0.05) is 0 Å². The molecular formula is C15H22O3S. The Morgan fingerprint density at radius 3 is 2.42 bits per heavy atom. The van der Waals surface area contributed by atoms with Crippen LogP contribution in [0.5, 0.6) is 0 Å². The van der Waals surface area contributed by atoms with Gasteiger partial charge in [0.05, 0.1) is 11.5 Å². The fourth-order valence-electron chi connectivity index (χ4n) is 1.65. The summed E-state index contributed by atoms with van der Waals surface area (Å²) in [4.78, 5) is 0.229. The Balaban J connectivity index is 2.33. The average Bonchev–Trinajstić information content (AvgIpc) is 2.38. The van der Waals surface area contributed by atoms with E-state index in [1.807, 2.05) is 19.9 Å². The highest BCUT2D eigenvalue weighted by Gasteiger charge is 2.13. The molecule has 0 aliphatic carbocycles. The zero-order valence-corrected chi connectivity index (χ0v) is 12.4. The van der Waals surface area contributed by atoms with Crippen LogP contribution in [-0.4, -0.2) is 15.0 Å². The molecule has 0 spiro atoms. The fraction of sp³-hybridized carbons (Fsp3) is 0.467. The van der Waals surface area contributed by atoms with E-state index in [2.05, 4.69) is 6.08 Å². The van der Waals surface area contributed by atoms with E-state index in [4.69, 9.17) is 4.18 Å². The van der Waals surface area contributed by atoms with E-state index < -0.39 is 10.1 Å². The van der Waals surface area contributed by atoms with E-state index in [1.54, 1.807) is 24.3 Å². The van der Waals surface area contributed by atoms with Crippen molar-refractivity contribution in [1.82, 2.24) is 0 Å². The number of hydrogen-bond donors (Lipinski definition) is 0. The molecule has 0 aliphatic heterocycles. The second-order valence-electron chi connectivity index (χ2n) is 4.51. The van der Waals surface area contributed by atoms with Gasteiger partial charge in [-0.05, 0) is 45.2 Å². The van der Waals surface area contributed by atoms with Crippen molar-refractivity contribution in [2.75, 3.05) is 6.61 Å². The molecule has 0 aromatic heterocycles. The largest absolute Gasteiger partial charge is 0.296 e. The van der Waals surface area contributed by atoms with Crippen molar-refractivity contribution >= 4 is 10.1 Å². The Kier molecular flexibility index (Phi) is 6.81. The van der Waals surface area contributed by atoms with Gasteiger partial charge in [-0.15, -0.1) is 0 Å². The highest BCUT2D eigenvalue weighted by atomic mass is 32.2. The van der Waals surface area contributed by atoms with Gasteiger partial charge in [0.2, 0.25) is 0 Å². The van der Waals surface area contributed by atoms with Gasteiger partial charge in [-0.1, -0.05) is 36.3 Å². The molecular weight excluding hydrogens is 260 g/mol. The monoisotopic (exact) mass is 282 g/mol. The first kappa shape index (κ1) is 15.9. The predicted octanol–water partition coefficient (Wildman–Crippen LogP) is 3.84. The first-order valence-corrected chi connectivity index (χ1v) is 8.04. The molecule has 0 aliphatic rings. The van der Waals surface area contributed by atoms with Crippen molar-refractivity contribution in [3.05, 3.63) is 42.0 Å². The molecule has 0 amide bonds. The summed E-state index contributed by atoms with van der Waals surface area (Å²) in [5.41, 5.74) is 1.03. The fourth-order valence-corrected chi connectivity index (χ4v) is 2.59. The van der Waals surface area contributed by atoms with Crippen LogP contribution < -0.4 is 0 Å². The molecule has 0 fully saturated rings. The summed E-state index contributed by atoms with van der Waals surface area (Å²) in [7, 11) is -3.59. The predicted molar refractivity (Wildman–Crippen MR) is 77.6 cm³/mol. The maximum Gasteiger partial charge on any atom is 0.296 e. The molecule has 4 heteroatoms. The molecule has 106 valence electrons. The maximum atomic E-state index is 11.8. The Bertz CT molecular complexity index is 487. The first-order valence-electron chi connectivity index (χ1n) is 6.63. The van der Waals surface area contributed by atoms with Crippen LogP contribution in [0.15, 0.2) is 41.3 Å². The summed E-state index contributed by atoms with van der Waals surface area (Å²) >= 11 is 0.